The summed E-state index contributed by atoms with van der Waals surface area (Å²) < 4.78 is 34.9. The van der Waals surface area contributed by atoms with Crippen molar-refractivity contribution in [2.75, 3.05) is 19.0 Å². The zero-order chi connectivity index (χ0) is 30.1. The average molecular weight is 588 g/mol. The fourth-order valence-electron chi connectivity index (χ4n) is 4.24. The molecule has 0 aliphatic heterocycles. The van der Waals surface area contributed by atoms with E-state index in [1.54, 1.807) is 91.0 Å². The second-order valence-electron chi connectivity index (χ2n) is 9.23. The molecule has 0 heterocycles. The first kappa shape index (κ1) is 30.0. The Kier molecular flexibility index (Phi) is 9.69. The number of hydrogen-bond acceptors (Lipinski definition) is 6. The maximum atomic E-state index is 13.5. The molecule has 0 unspecified atom stereocenters. The number of hydrogen-bond donors (Lipinski definition) is 4. The Morgan fingerprint density at radius 3 is 2.17 bits per heavy atom. The van der Waals surface area contributed by atoms with E-state index in [2.05, 4.69) is 15.4 Å². The molecule has 4 aromatic carbocycles. The Morgan fingerprint density at radius 2 is 1.50 bits per heavy atom. The molecular formula is C31H29N3O7S. The van der Waals surface area contributed by atoms with Gasteiger partial charge in [0.15, 0.2) is 0 Å². The van der Waals surface area contributed by atoms with Crippen LogP contribution in [0.15, 0.2) is 108 Å². The van der Waals surface area contributed by atoms with Gasteiger partial charge in [-0.25, -0.2) is 13.1 Å². The molecule has 0 saturated carbocycles. The lowest BCUT2D eigenvalue weighted by atomic mass is 10.0. The molecule has 0 saturated heterocycles. The van der Waals surface area contributed by atoms with Crippen LogP contribution < -0.4 is 20.1 Å². The summed E-state index contributed by atoms with van der Waals surface area (Å²) in [6, 6.07) is 27.3. The van der Waals surface area contributed by atoms with E-state index >= 15 is 0 Å². The molecule has 4 aromatic rings. The molecule has 0 bridgehead atoms. The van der Waals surface area contributed by atoms with Crippen molar-refractivity contribution in [2.45, 2.75) is 17.4 Å². The number of nitrogens with one attached hydrogen (secondary N) is 3. The van der Waals surface area contributed by atoms with E-state index in [-0.39, 0.29) is 23.1 Å². The van der Waals surface area contributed by atoms with Gasteiger partial charge in [0.1, 0.15) is 10.6 Å². The topological polar surface area (TPSA) is 151 Å². The zero-order valence-electron chi connectivity index (χ0n) is 22.6. The van der Waals surface area contributed by atoms with Crippen molar-refractivity contribution in [3.05, 3.63) is 114 Å². The van der Waals surface area contributed by atoms with Gasteiger partial charge < -0.3 is 20.5 Å². The summed E-state index contributed by atoms with van der Waals surface area (Å²) in [4.78, 5) is 36.0. The van der Waals surface area contributed by atoms with Crippen LogP contribution in [0, 0.1) is 0 Å². The number of benzene rings is 4. The van der Waals surface area contributed by atoms with E-state index in [0.29, 0.717) is 27.9 Å². The molecule has 0 aromatic heterocycles. The number of ether oxygens (including phenoxy) is 1. The van der Waals surface area contributed by atoms with Gasteiger partial charge in [-0.05, 0) is 53.1 Å². The monoisotopic (exact) mass is 587 g/mol. The van der Waals surface area contributed by atoms with Gasteiger partial charge in [-0.1, -0.05) is 66.7 Å². The van der Waals surface area contributed by atoms with E-state index in [1.807, 2.05) is 0 Å². The first-order valence-electron chi connectivity index (χ1n) is 12.9. The molecule has 0 radical (unpaired) electrons. The van der Waals surface area contributed by atoms with Gasteiger partial charge in [-0.15, -0.1) is 0 Å². The third-order valence-corrected chi connectivity index (χ3v) is 7.75. The van der Waals surface area contributed by atoms with Gasteiger partial charge in [-0.2, -0.15) is 0 Å². The number of aliphatic carboxylic acids is 1. The summed E-state index contributed by atoms with van der Waals surface area (Å²) in [5.41, 5.74) is 2.49. The van der Waals surface area contributed by atoms with Gasteiger partial charge in [0.05, 0.1) is 26.1 Å². The van der Waals surface area contributed by atoms with Crippen LogP contribution in [0.3, 0.4) is 0 Å². The van der Waals surface area contributed by atoms with Crippen LogP contribution in [0.1, 0.15) is 28.4 Å². The van der Waals surface area contributed by atoms with Crippen LogP contribution in [0.4, 0.5) is 5.69 Å². The lowest BCUT2D eigenvalue weighted by molar-refractivity contribution is -0.137. The van der Waals surface area contributed by atoms with Gasteiger partial charge in [0, 0.05) is 11.3 Å². The second kappa shape index (κ2) is 13.6. The molecule has 11 heteroatoms. The predicted molar refractivity (Wildman–Crippen MR) is 158 cm³/mol. The van der Waals surface area contributed by atoms with E-state index in [4.69, 9.17) is 4.74 Å². The number of anilines is 1. The number of rotatable bonds is 12. The highest BCUT2D eigenvalue weighted by Gasteiger charge is 2.27. The maximum absolute atomic E-state index is 13.5. The lowest BCUT2D eigenvalue weighted by Crippen LogP contribution is -2.32. The zero-order valence-corrected chi connectivity index (χ0v) is 23.4. The standard InChI is InChI=1S/C31H29N3O7S/c1-41-27-16-15-24(18-28(27)42(39,40)34-26(19-30(36)37)21-9-4-2-5-10-21)23-13-8-14-25(17-23)33-29(35)20-32-31(38)22-11-6-3-7-12-22/h2-18,26,34H,19-20H2,1H3,(H,32,38)(H,33,35)(H,36,37)/t26-/m1/s1. The summed E-state index contributed by atoms with van der Waals surface area (Å²) >= 11 is 0. The van der Waals surface area contributed by atoms with Crippen LogP contribution in [0.5, 0.6) is 5.75 Å². The molecule has 2 amide bonds. The van der Waals surface area contributed by atoms with E-state index < -0.39 is 34.4 Å². The molecule has 0 fully saturated rings. The Labute approximate surface area is 243 Å². The minimum absolute atomic E-state index is 0.0759. The molecule has 216 valence electrons. The molecule has 0 aliphatic rings. The Balaban J connectivity index is 1.53. The molecule has 4 rings (SSSR count). The van der Waals surface area contributed by atoms with Crippen molar-refractivity contribution in [2.24, 2.45) is 0 Å². The number of carbonyl (C=O) groups excluding carboxylic acids is 2. The number of carboxylic acid groups (broad SMARTS) is 1. The van der Waals surface area contributed by atoms with Crippen LogP contribution in [0.2, 0.25) is 0 Å². The maximum Gasteiger partial charge on any atom is 0.305 e. The fourth-order valence-corrected chi connectivity index (χ4v) is 5.66. The van der Waals surface area contributed by atoms with Crippen LogP contribution in [0.25, 0.3) is 11.1 Å². The van der Waals surface area contributed by atoms with Crippen LogP contribution in [-0.2, 0) is 19.6 Å². The molecule has 4 N–H and O–H groups in total. The summed E-state index contributed by atoms with van der Waals surface area (Å²) in [5, 5.41) is 14.7. The van der Waals surface area contributed by atoms with E-state index in [0.717, 1.165) is 0 Å². The predicted octanol–water partition coefficient (Wildman–Crippen LogP) is 4.23. The number of amides is 2. The van der Waals surface area contributed by atoms with Crippen molar-refractivity contribution < 1.29 is 32.6 Å². The number of sulfonamides is 1. The van der Waals surface area contributed by atoms with Crippen molar-refractivity contribution in [3.8, 4) is 16.9 Å². The number of carboxylic acids is 1. The van der Waals surface area contributed by atoms with Crippen LogP contribution in [-0.4, -0.2) is 45.0 Å². The SMILES string of the molecule is COc1ccc(-c2cccc(NC(=O)CNC(=O)c3ccccc3)c2)cc1S(=O)(=O)N[C@H](CC(=O)O)c1ccccc1. The minimum Gasteiger partial charge on any atom is -0.495 e. The Bertz CT molecular complexity index is 1680. The largest absolute Gasteiger partial charge is 0.495 e. The van der Waals surface area contributed by atoms with Gasteiger partial charge in [0.25, 0.3) is 5.91 Å². The molecule has 0 spiro atoms. The van der Waals surface area contributed by atoms with E-state index in [9.17, 15) is 27.9 Å². The smallest absolute Gasteiger partial charge is 0.305 e. The summed E-state index contributed by atoms with van der Waals surface area (Å²) in [7, 11) is -2.90. The molecule has 42 heavy (non-hydrogen) atoms. The average Bonchev–Trinajstić information content (AvgIpc) is 3.00. The van der Waals surface area contributed by atoms with Crippen molar-refractivity contribution in [1.82, 2.24) is 10.0 Å². The van der Waals surface area contributed by atoms with Crippen molar-refractivity contribution >= 4 is 33.5 Å². The lowest BCUT2D eigenvalue weighted by Gasteiger charge is -2.19. The summed E-state index contributed by atoms with van der Waals surface area (Å²) in [5.74, 6) is -1.90. The third-order valence-electron chi connectivity index (χ3n) is 6.26. The molecule has 10 nitrogen and oxygen atoms in total. The molecule has 1 atom stereocenters. The number of methoxy groups -OCH3 is 1. The highest BCUT2D eigenvalue weighted by molar-refractivity contribution is 7.89. The highest BCUT2D eigenvalue weighted by atomic mass is 32.2. The van der Waals surface area contributed by atoms with Crippen molar-refractivity contribution in [3.63, 3.8) is 0 Å². The van der Waals surface area contributed by atoms with Crippen LogP contribution >= 0.6 is 0 Å². The normalized spacial score (nSPS) is 11.7. The molecular weight excluding hydrogens is 558 g/mol. The number of carbonyl (C=O) groups is 3. The fraction of sp³-hybridized carbons (Fsp3) is 0.129. The quantitative estimate of drug-likeness (QED) is 0.194. The first-order chi connectivity index (χ1) is 20.2. The summed E-state index contributed by atoms with van der Waals surface area (Å²) in [6.45, 7) is -0.243. The Morgan fingerprint density at radius 1 is 0.833 bits per heavy atom. The summed E-state index contributed by atoms with van der Waals surface area (Å²) in [6.07, 6.45) is -0.460. The van der Waals surface area contributed by atoms with Gasteiger partial charge in [0.2, 0.25) is 15.9 Å². The Hall–Kier alpha value is -5.00. The highest BCUT2D eigenvalue weighted by Crippen LogP contribution is 2.32. The first-order valence-corrected chi connectivity index (χ1v) is 14.4. The second-order valence-corrected chi connectivity index (χ2v) is 10.9. The minimum atomic E-state index is -4.24. The van der Waals surface area contributed by atoms with Gasteiger partial charge in [-0.3, -0.25) is 14.4 Å². The third kappa shape index (κ3) is 7.80. The van der Waals surface area contributed by atoms with Crippen molar-refractivity contribution in [1.29, 1.82) is 0 Å². The van der Waals surface area contributed by atoms with E-state index in [1.165, 1.54) is 19.2 Å². The van der Waals surface area contributed by atoms with Gasteiger partial charge >= 0.3 is 5.97 Å². The molecule has 0 aliphatic carbocycles.